The number of ether oxygens (including phenoxy) is 6. The average Bonchev–Trinajstić information content (AvgIpc) is 3.49. The van der Waals surface area contributed by atoms with E-state index in [1.54, 1.807) is 54.6 Å². The van der Waals surface area contributed by atoms with Gasteiger partial charge in [-0.3, -0.25) is 0 Å². The number of hydrogen-bond acceptors (Lipinski definition) is 8. The van der Waals surface area contributed by atoms with E-state index in [2.05, 4.69) is 0 Å². The largest absolute Gasteiger partial charge is 0.457 e. The molecule has 3 aromatic carbocycles. The molecular weight excluding hydrogens is 416 g/mol. The van der Waals surface area contributed by atoms with Crippen LogP contribution in [0.2, 0.25) is 0 Å². The lowest BCUT2D eigenvalue weighted by Gasteiger charge is -2.08. The summed E-state index contributed by atoms with van der Waals surface area (Å²) in [6, 6.07) is 16.9. The standard InChI is InChI=1S/C24H18O8/c25-23(27-11-15-4-6-19-21(8-15)31-13-29-19)17-2-1-3-18(10-17)24(26)28-12-16-5-7-20-22(9-16)32-14-30-20/h1-10H,11-14H2. The molecule has 3 aromatic rings. The number of carbonyl (C=O) groups excluding carboxylic acids is 2. The highest BCUT2D eigenvalue weighted by Gasteiger charge is 2.17. The van der Waals surface area contributed by atoms with Crippen LogP contribution < -0.4 is 18.9 Å². The third kappa shape index (κ3) is 4.15. The van der Waals surface area contributed by atoms with Gasteiger partial charge in [-0.2, -0.15) is 0 Å². The molecule has 0 N–H and O–H groups in total. The third-order valence-corrected chi connectivity index (χ3v) is 4.95. The summed E-state index contributed by atoms with van der Waals surface area (Å²) >= 11 is 0. The summed E-state index contributed by atoms with van der Waals surface area (Å²) in [6.07, 6.45) is 0. The summed E-state index contributed by atoms with van der Waals surface area (Å²) in [6.45, 7) is 0.481. The summed E-state index contributed by atoms with van der Waals surface area (Å²) in [5.74, 6) is 1.46. The number of fused-ring (bicyclic) bond motifs is 2. The van der Waals surface area contributed by atoms with E-state index < -0.39 is 11.9 Å². The van der Waals surface area contributed by atoms with Crippen molar-refractivity contribution in [1.29, 1.82) is 0 Å². The second-order valence-corrected chi connectivity index (χ2v) is 7.11. The first kappa shape index (κ1) is 19.7. The monoisotopic (exact) mass is 434 g/mol. The Bertz CT molecular complexity index is 1100. The van der Waals surface area contributed by atoms with Crippen molar-refractivity contribution in [3.63, 3.8) is 0 Å². The molecule has 0 saturated carbocycles. The molecule has 0 aromatic heterocycles. The fraction of sp³-hybridized carbons (Fsp3) is 0.167. The third-order valence-electron chi connectivity index (χ3n) is 4.95. The van der Waals surface area contributed by atoms with E-state index in [-0.39, 0.29) is 37.9 Å². The molecule has 0 unspecified atom stereocenters. The van der Waals surface area contributed by atoms with Crippen LogP contribution in [0.4, 0.5) is 0 Å². The molecule has 8 nitrogen and oxygen atoms in total. The summed E-state index contributed by atoms with van der Waals surface area (Å²) in [5, 5.41) is 0. The van der Waals surface area contributed by atoms with Gasteiger partial charge >= 0.3 is 11.9 Å². The Labute approximate surface area is 183 Å². The minimum atomic E-state index is -0.548. The van der Waals surface area contributed by atoms with Gasteiger partial charge in [-0.1, -0.05) is 18.2 Å². The molecule has 0 amide bonds. The highest BCUT2D eigenvalue weighted by atomic mass is 16.7. The molecule has 0 spiro atoms. The summed E-state index contributed by atoms with van der Waals surface area (Å²) in [7, 11) is 0. The van der Waals surface area contributed by atoms with Crippen molar-refractivity contribution in [2.24, 2.45) is 0 Å². The maximum Gasteiger partial charge on any atom is 0.338 e. The maximum absolute atomic E-state index is 12.5. The van der Waals surface area contributed by atoms with Gasteiger partial charge in [0, 0.05) is 0 Å². The lowest BCUT2D eigenvalue weighted by Crippen LogP contribution is -2.09. The van der Waals surface area contributed by atoms with Crippen LogP contribution in [0, 0.1) is 0 Å². The van der Waals surface area contributed by atoms with E-state index in [1.165, 1.54) is 6.07 Å². The first-order valence-corrected chi connectivity index (χ1v) is 9.87. The van der Waals surface area contributed by atoms with Gasteiger partial charge in [0.15, 0.2) is 23.0 Å². The molecule has 0 bridgehead atoms. The highest BCUT2D eigenvalue weighted by molar-refractivity contribution is 5.95. The van der Waals surface area contributed by atoms with Crippen molar-refractivity contribution in [3.8, 4) is 23.0 Å². The normalized spacial score (nSPS) is 13.0. The molecule has 5 rings (SSSR count). The zero-order valence-corrected chi connectivity index (χ0v) is 16.9. The van der Waals surface area contributed by atoms with Gasteiger partial charge in [-0.15, -0.1) is 0 Å². The SMILES string of the molecule is O=C(OCc1ccc2c(c1)OCO2)c1cccc(C(=O)OCc2ccc3c(c2)OCO3)c1. The van der Waals surface area contributed by atoms with Crippen molar-refractivity contribution >= 4 is 11.9 Å². The number of benzene rings is 3. The molecule has 2 aliphatic heterocycles. The Hall–Kier alpha value is -4.20. The van der Waals surface area contributed by atoms with Crippen LogP contribution in [-0.2, 0) is 22.7 Å². The topological polar surface area (TPSA) is 89.5 Å². The molecule has 0 saturated heterocycles. The van der Waals surface area contributed by atoms with E-state index in [4.69, 9.17) is 28.4 Å². The van der Waals surface area contributed by atoms with Gasteiger partial charge in [-0.25, -0.2) is 9.59 Å². The van der Waals surface area contributed by atoms with E-state index in [9.17, 15) is 9.59 Å². The second-order valence-electron chi connectivity index (χ2n) is 7.11. The molecule has 0 atom stereocenters. The Balaban J connectivity index is 1.19. The Morgan fingerprint density at radius 1 is 0.625 bits per heavy atom. The van der Waals surface area contributed by atoms with Crippen molar-refractivity contribution in [2.45, 2.75) is 13.2 Å². The molecular formula is C24H18O8. The van der Waals surface area contributed by atoms with Crippen LogP contribution in [0.1, 0.15) is 31.8 Å². The zero-order valence-electron chi connectivity index (χ0n) is 16.9. The van der Waals surface area contributed by atoms with E-state index in [0.717, 1.165) is 11.1 Å². The predicted molar refractivity (Wildman–Crippen MR) is 110 cm³/mol. The second kappa shape index (κ2) is 8.50. The van der Waals surface area contributed by atoms with Crippen molar-refractivity contribution in [1.82, 2.24) is 0 Å². The first-order chi connectivity index (χ1) is 15.7. The van der Waals surface area contributed by atoms with Crippen LogP contribution in [0.3, 0.4) is 0 Å². The first-order valence-electron chi connectivity index (χ1n) is 9.87. The highest BCUT2D eigenvalue weighted by Crippen LogP contribution is 2.33. The van der Waals surface area contributed by atoms with Gasteiger partial charge in [0.1, 0.15) is 13.2 Å². The Morgan fingerprint density at radius 3 is 1.59 bits per heavy atom. The lowest BCUT2D eigenvalue weighted by atomic mass is 10.1. The van der Waals surface area contributed by atoms with Gasteiger partial charge < -0.3 is 28.4 Å². The Kier molecular flexibility index (Phi) is 5.25. The molecule has 162 valence electrons. The lowest BCUT2D eigenvalue weighted by molar-refractivity contribution is 0.0470. The Morgan fingerprint density at radius 2 is 1.09 bits per heavy atom. The fourth-order valence-corrected chi connectivity index (χ4v) is 3.30. The smallest absolute Gasteiger partial charge is 0.338 e. The van der Waals surface area contributed by atoms with E-state index in [0.29, 0.717) is 23.0 Å². The van der Waals surface area contributed by atoms with Crippen LogP contribution in [0.5, 0.6) is 23.0 Å². The minimum absolute atomic E-state index is 0.0638. The zero-order chi connectivity index (χ0) is 21.9. The number of rotatable bonds is 6. The average molecular weight is 434 g/mol. The molecule has 0 aliphatic carbocycles. The number of carbonyl (C=O) groups is 2. The fourth-order valence-electron chi connectivity index (χ4n) is 3.30. The van der Waals surface area contributed by atoms with Crippen LogP contribution in [0.15, 0.2) is 60.7 Å². The van der Waals surface area contributed by atoms with Gasteiger partial charge in [0.05, 0.1) is 11.1 Å². The minimum Gasteiger partial charge on any atom is -0.457 e. The number of hydrogen-bond donors (Lipinski definition) is 0. The molecule has 0 radical (unpaired) electrons. The van der Waals surface area contributed by atoms with Crippen LogP contribution in [0.25, 0.3) is 0 Å². The summed E-state index contributed by atoms with van der Waals surface area (Å²) in [4.78, 5) is 24.9. The van der Waals surface area contributed by atoms with Crippen LogP contribution >= 0.6 is 0 Å². The van der Waals surface area contributed by atoms with Crippen LogP contribution in [-0.4, -0.2) is 25.5 Å². The van der Waals surface area contributed by atoms with Gasteiger partial charge in [-0.05, 0) is 53.6 Å². The van der Waals surface area contributed by atoms with Gasteiger partial charge in [0.25, 0.3) is 0 Å². The molecule has 2 aliphatic rings. The van der Waals surface area contributed by atoms with Crippen molar-refractivity contribution in [2.75, 3.05) is 13.6 Å². The van der Waals surface area contributed by atoms with Crippen molar-refractivity contribution < 1.29 is 38.0 Å². The predicted octanol–water partition coefficient (Wildman–Crippen LogP) is 3.86. The van der Waals surface area contributed by atoms with Crippen molar-refractivity contribution in [3.05, 3.63) is 82.9 Å². The number of esters is 2. The summed E-state index contributed by atoms with van der Waals surface area (Å²) in [5.41, 5.74) is 2.04. The van der Waals surface area contributed by atoms with E-state index >= 15 is 0 Å². The van der Waals surface area contributed by atoms with E-state index in [1.807, 2.05) is 0 Å². The molecule has 32 heavy (non-hydrogen) atoms. The maximum atomic E-state index is 12.5. The van der Waals surface area contributed by atoms with Gasteiger partial charge in [0.2, 0.25) is 13.6 Å². The summed E-state index contributed by atoms with van der Waals surface area (Å²) < 4.78 is 31.9. The molecule has 8 heteroatoms. The molecule has 0 fully saturated rings. The quantitative estimate of drug-likeness (QED) is 0.541. The molecule has 2 heterocycles.